The van der Waals surface area contributed by atoms with E-state index in [0.717, 1.165) is 38.0 Å². The first-order valence-corrected chi connectivity index (χ1v) is 13.2. The van der Waals surface area contributed by atoms with Gasteiger partial charge in [-0.25, -0.2) is 4.98 Å². The maximum atomic E-state index is 13.4. The number of fused-ring (bicyclic) bond motifs is 1. The van der Waals surface area contributed by atoms with Crippen molar-refractivity contribution in [3.63, 3.8) is 0 Å². The van der Waals surface area contributed by atoms with E-state index < -0.39 is 4.92 Å². The topological polar surface area (TPSA) is 122 Å². The summed E-state index contributed by atoms with van der Waals surface area (Å²) < 4.78 is 1.34. The number of carbonyl (C=O) groups excluding carboxylic acids is 2. The molecule has 3 aromatic rings. The second kappa shape index (κ2) is 10.3. The number of nitrogens with zero attached hydrogens (tertiary/aromatic N) is 6. The summed E-state index contributed by atoms with van der Waals surface area (Å²) in [4.78, 5) is 60.8. The average Bonchev–Trinajstić information content (AvgIpc) is 3.27. The van der Waals surface area contributed by atoms with Crippen molar-refractivity contribution in [3.05, 3.63) is 61.5 Å². The van der Waals surface area contributed by atoms with E-state index in [0.29, 0.717) is 46.8 Å². The van der Waals surface area contributed by atoms with Gasteiger partial charge >= 0.3 is 0 Å². The van der Waals surface area contributed by atoms with Crippen LogP contribution in [0, 0.1) is 17.0 Å². The summed E-state index contributed by atoms with van der Waals surface area (Å²) in [7, 11) is 0. The van der Waals surface area contributed by atoms with Crippen LogP contribution in [0.25, 0.3) is 10.2 Å². The van der Waals surface area contributed by atoms with Crippen LogP contribution in [0.2, 0.25) is 0 Å². The zero-order valence-corrected chi connectivity index (χ0v) is 21.4. The third-order valence-corrected chi connectivity index (χ3v) is 8.31. The van der Waals surface area contributed by atoms with E-state index in [-0.39, 0.29) is 29.6 Å². The molecule has 2 aliphatic rings. The van der Waals surface area contributed by atoms with Crippen LogP contribution in [-0.2, 0) is 11.3 Å². The Morgan fingerprint density at radius 3 is 2.32 bits per heavy atom. The zero-order chi connectivity index (χ0) is 26.1. The van der Waals surface area contributed by atoms with Gasteiger partial charge < -0.3 is 14.7 Å². The number of piperazine rings is 1. The number of piperidine rings is 1. The lowest BCUT2D eigenvalue weighted by atomic mass is 10.1. The van der Waals surface area contributed by atoms with Crippen molar-refractivity contribution in [2.24, 2.45) is 0 Å². The molecule has 5 rings (SSSR count). The molecule has 0 aliphatic carbocycles. The van der Waals surface area contributed by atoms with Crippen molar-refractivity contribution >= 4 is 44.7 Å². The van der Waals surface area contributed by atoms with Gasteiger partial charge in [0.1, 0.15) is 11.4 Å². The molecule has 0 atom stereocenters. The lowest BCUT2D eigenvalue weighted by molar-refractivity contribution is -0.384. The summed E-state index contributed by atoms with van der Waals surface area (Å²) in [5.74, 6) is -0.225. The highest BCUT2D eigenvalue weighted by molar-refractivity contribution is 7.20. The highest BCUT2D eigenvalue weighted by Gasteiger charge is 2.27. The molecule has 4 heterocycles. The van der Waals surface area contributed by atoms with Crippen molar-refractivity contribution in [1.82, 2.24) is 19.4 Å². The van der Waals surface area contributed by atoms with Gasteiger partial charge in [0.25, 0.3) is 17.2 Å². The normalized spacial score (nSPS) is 16.3. The van der Waals surface area contributed by atoms with Crippen LogP contribution in [-0.4, -0.2) is 75.4 Å². The number of hydrogen-bond donors (Lipinski definition) is 0. The molecule has 2 aromatic heterocycles. The average molecular weight is 525 g/mol. The number of anilines is 1. The number of nitro benzene ring substituents is 1. The molecule has 2 amide bonds. The number of non-ortho nitro benzene ring substituents is 1. The molecule has 0 unspecified atom stereocenters. The minimum absolute atomic E-state index is 0.0429. The lowest BCUT2D eigenvalue weighted by Gasteiger charge is -2.36. The molecule has 2 saturated heterocycles. The molecule has 11 nitrogen and oxygen atoms in total. The predicted molar refractivity (Wildman–Crippen MR) is 140 cm³/mol. The highest BCUT2D eigenvalue weighted by Crippen LogP contribution is 2.29. The molecule has 1 aromatic carbocycles. The van der Waals surface area contributed by atoms with Gasteiger partial charge in [-0.3, -0.25) is 29.1 Å². The summed E-state index contributed by atoms with van der Waals surface area (Å²) in [5.41, 5.74) is 1.21. The van der Waals surface area contributed by atoms with Crippen LogP contribution in [0.4, 0.5) is 11.4 Å². The van der Waals surface area contributed by atoms with E-state index in [9.17, 15) is 24.5 Å². The number of hydrogen-bond acceptors (Lipinski definition) is 8. The van der Waals surface area contributed by atoms with E-state index >= 15 is 0 Å². The van der Waals surface area contributed by atoms with Gasteiger partial charge in [0.05, 0.1) is 21.5 Å². The molecule has 2 fully saturated rings. The molecule has 0 radical (unpaired) electrons. The Morgan fingerprint density at radius 2 is 1.68 bits per heavy atom. The Bertz CT molecular complexity index is 1400. The van der Waals surface area contributed by atoms with Gasteiger partial charge in [-0.1, -0.05) is 0 Å². The molecule has 0 saturated carbocycles. The van der Waals surface area contributed by atoms with Crippen molar-refractivity contribution in [3.8, 4) is 0 Å². The predicted octanol–water partition coefficient (Wildman–Crippen LogP) is 2.65. The van der Waals surface area contributed by atoms with Crippen molar-refractivity contribution in [2.75, 3.05) is 44.2 Å². The molecule has 0 spiro atoms. The molecule has 194 valence electrons. The molecular formula is C25H28N6O5S. The number of amides is 2. The fraction of sp³-hybridized carbons (Fsp3) is 0.440. The summed E-state index contributed by atoms with van der Waals surface area (Å²) in [6, 6.07) is 6.40. The van der Waals surface area contributed by atoms with Gasteiger partial charge in [0.2, 0.25) is 5.91 Å². The largest absolute Gasteiger partial charge is 0.368 e. The van der Waals surface area contributed by atoms with Crippen LogP contribution in [0.5, 0.6) is 0 Å². The lowest BCUT2D eigenvalue weighted by Crippen LogP contribution is -2.48. The Kier molecular flexibility index (Phi) is 6.92. The van der Waals surface area contributed by atoms with Crippen LogP contribution >= 0.6 is 11.3 Å². The van der Waals surface area contributed by atoms with E-state index in [4.69, 9.17) is 0 Å². The third kappa shape index (κ3) is 4.93. The number of thiophene rings is 1. The highest BCUT2D eigenvalue weighted by atomic mass is 32.1. The number of carbonyl (C=O) groups is 2. The second-order valence-electron chi connectivity index (χ2n) is 9.41. The molecule has 12 heteroatoms. The summed E-state index contributed by atoms with van der Waals surface area (Å²) in [6.45, 7) is 5.32. The Morgan fingerprint density at radius 1 is 1.00 bits per heavy atom. The maximum absolute atomic E-state index is 13.4. The molecular weight excluding hydrogens is 496 g/mol. The minimum Gasteiger partial charge on any atom is -0.368 e. The van der Waals surface area contributed by atoms with Crippen LogP contribution < -0.4 is 10.5 Å². The van der Waals surface area contributed by atoms with E-state index in [1.165, 1.54) is 34.4 Å². The zero-order valence-electron chi connectivity index (χ0n) is 20.6. The molecule has 0 N–H and O–H groups in total. The minimum atomic E-state index is -0.427. The standard InChI is InChI=1S/C25H28N6O5S/c1-17-21-23(26-16-30(24(21)33)15-20(32)28-9-3-2-4-10-28)37-22(17)25(34)29-13-11-27(12-14-29)18-5-7-19(8-6-18)31(35)36/h5-8,16H,2-4,9-15H2,1H3. The van der Waals surface area contributed by atoms with Gasteiger partial charge in [-0.15, -0.1) is 11.3 Å². The maximum Gasteiger partial charge on any atom is 0.269 e. The fourth-order valence-electron chi connectivity index (χ4n) is 4.96. The Balaban J connectivity index is 1.29. The Hall–Kier alpha value is -3.80. The fourth-order valence-corrected chi connectivity index (χ4v) is 6.07. The van der Waals surface area contributed by atoms with Gasteiger partial charge in [-0.2, -0.15) is 0 Å². The van der Waals surface area contributed by atoms with Crippen LogP contribution in [0.1, 0.15) is 34.5 Å². The van der Waals surface area contributed by atoms with Gasteiger partial charge in [0, 0.05) is 57.1 Å². The van der Waals surface area contributed by atoms with E-state index in [1.54, 1.807) is 28.9 Å². The monoisotopic (exact) mass is 524 g/mol. The SMILES string of the molecule is Cc1c(C(=O)N2CCN(c3ccc([N+](=O)[O-])cc3)CC2)sc2ncn(CC(=O)N3CCCCC3)c(=O)c12. The second-order valence-corrected chi connectivity index (χ2v) is 10.4. The molecule has 37 heavy (non-hydrogen) atoms. The van der Waals surface area contributed by atoms with Crippen molar-refractivity contribution in [2.45, 2.75) is 32.7 Å². The van der Waals surface area contributed by atoms with E-state index in [2.05, 4.69) is 9.88 Å². The van der Waals surface area contributed by atoms with Gasteiger partial charge in [0.15, 0.2) is 0 Å². The number of aryl methyl sites for hydroxylation is 1. The van der Waals surface area contributed by atoms with Crippen LogP contribution in [0.3, 0.4) is 0 Å². The number of nitro groups is 1. The first-order chi connectivity index (χ1) is 17.8. The summed E-state index contributed by atoms with van der Waals surface area (Å²) >= 11 is 1.21. The summed E-state index contributed by atoms with van der Waals surface area (Å²) in [6.07, 6.45) is 4.48. The molecule has 2 aliphatic heterocycles. The first-order valence-electron chi connectivity index (χ1n) is 12.4. The first kappa shape index (κ1) is 24.9. The third-order valence-electron chi connectivity index (χ3n) is 7.12. The number of benzene rings is 1. The molecule has 0 bridgehead atoms. The summed E-state index contributed by atoms with van der Waals surface area (Å²) in [5, 5.41) is 11.3. The smallest absolute Gasteiger partial charge is 0.269 e. The number of aromatic nitrogens is 2. The van der Waals surface area contributed by atoms with Gasteiger partial charge in [-0.05, 0) is 43.9 Å². The quantitative estimate of drug-likeness (QED) is 0.371. The number of rotatable bonds is 5. The van der Waals surface area contributed by atoms with Crippen molar-refractivity contribution < 1.29 is 14.5 Å². The Labute approximate surface area is 217 Å². The van der Waals surface area contributed by atoms with E-state index in [1.807, 2.05) is 0 Å². The van der Waals surface area contributed by atoms with Crippen molar-refractivity contribution in [1.29, 1.82) is 0 Å². The van der Waals surface area contributed by atoms with Crippen LogP contribution in [0.15, 0.2) is 35.4 Å². The number of likely N-dealkylation sites (tertiary alicyclic amines) is 1.